The van der Waals surface area contributed by atoms with Gasteiger partial charge in [0.05, 0.1) is 12.2 Å². The number of hydrogen-bond donors (Lipinski definition) is 2. The lowest BCUT2D eigenvalue weighted by Crippen LogP contribution is -2.16. The Morgan fingerprint density at radius 1 is 1.45 bits per heavy atom. The number of nitrogens with one attached hydrogen (secondary N) is 2. The maximum absolute atomic E-state index is 12.0. The molecule has 7 heteroatoms. The first-order valence-electron chi connectivity index (χ1n) is 7.50. The van der Waals surface area contributed by atoms with E-state index in [1.807, 2.05) is 24.3 Å². The predicted octanol–water partition coefficient (Wildman–Crippen LogP) is 2.15. The molecule has 3 rings (SSSR count). The zero-order valence-corrected chi connectivity index (χ0v) is 12.5. The molecule has 1 saturated heterocycles. The molecular weight excluding hydrogens is 282 g/mol. The third-order valence-electron chi connectivity index (χ3n) is 3.76. The van der Waals surface area contributed by atoms with Crippen LogP contribution in [0.5, 0.6) is 0 Å². The summed E-state index contributed by atoms with van der Waals surface area (Å²) in [4.78, 5) is 12.0. The van der Waals surface area contributed by atoms with Crippen molar-refractivity contribution in [3.8, 4) is 11.4 Å². The summed E-state index contributed by atoms with van der Waals surface area (Å²) in [7, 11) is 0. The van der Waals surface area contributed by atoms with Gasteiger partial charge in [-0.1, -0.05) is 12.1 Å². The summed E-state index contributed by atoms with van der Waals surface area (Å²) in [5.74, 6) is 0.498. The van der Waals surface area contributed by atoms with Crippen molar-refractivity contribution >= 4 is 11.6 Å². The van der Waals surface area contributed by atoms with Gasteiger partial charge in [0.2, 0.25) is 11.7 Å². The van der Waals surface area contributed by atoms with Gasteiger partial charge in [0.15, 0.2) is 0 Å². The molecule has 22 heavy (non-hydrogen) atoms. The van der Waals surface area contributed by atoms with Crippen LogP contribution in [0.3, 0.4) is 0 Å². The minimum atomic E-state index is -0.00610. The number of ether oxygens (including phenoxy) is 1. The Balaban J connectivity index is 1.54. The number of carbonyl (C=O) groups excluding carboxylic acids is 1. The zero-order valence-electron chi connectivity index (χ0n) is 12.5. The largest absolute Gasteiger partial charge is 0.375 e. The van der Waals surface area contributed by atoms with Crippen molar-refractivity contribution in [1.29, 1.82) is 0 Å². The maximum atomic E-state index is 12.0. The highest BCUT2D eigenvalue weighted by Crippen LogP contribution is 2.23. The van der Waals surface area contributed by atoms with Crippen LogP contribution in [0.25, 0.3) is 11.4 Å². The topological polar surface area (TPSA) is 92.8 Å². The molecule has 1 fully saturated rings. The van der Waals surface area contributed by atoms with Crippen molar-refractivity contribution in [1.82, 2.24) is 20.6 Å². The van der Waals surface area contributed by atoms with E-state index in [1.165, 1.54) is 0 Å². The second-order valence-electron chi connectivity index (χ2n) is 5.55. The van der Waals surface area contributed by atoms with E-state index < -0.39 is 0 Å². The lowest BCUT2D eigenvalue weighted by molar-refractivity contribution is -0.116. The van der Waals surface area contributed by atoms with Crippen LogP contribution in [-0.4, -0.2) is 38.7 Å². The quantitative estimate of drug-likeness (QED) is 0.882. The third kappa shape index (κ3) is 3.67. The molecule has 1 aliphatic heterocycles. The Morgan fingerprint density at radius 3 is 3.09 bits per heavy atom. The van der Waals surface area contributed by atoms with Gasteiger partial charge >= 0.3 is 0 Å². The fourth-order valence-corrected chi connectivity index (χ4v) is 2.63. The number of tetrazole rings is 1. The van der Waals surface area contributed by atoms with E-state index in [4.69, 9.17) is 4.74 Å². The van der Waals surface area contributed by atoms with Crippen LogP contribution in [0.2, 0.25) is 0 Å². The van der Waals surface area contributed by atoms with Crippen LogP contribution in [0, 0.1) is 0 Å². The Hall–Kier alpha value is -2.28. The summed E-state index contributed by atoms with van der Waals surface area (Å²) >= 11 is 0. The third-order valence-corrected chi connectivity index (χ3v) is 3.76. The van der Waals surface area contributed by atoms with Gasteiger partial charge in [-0.3, -0.25) is 4.79 Å². The number of H-pyrrole nitrogens is 1. The molecule has 2 N–H and O–H groups in total. The first kappa shape index (κ1) is 14.6. The molecule has 0 spiro atoms. The summed E-state index contributed by atoms with van der Waals surface area (Å²) in [6.45, 7) is 2.07. The van der Waals surface area contributed by atoms with Gasteiger partial charge in [0.25, 0.3) is 0 Å². The van der Waals surface area contributed by atoms with E-state index in [2.05, 4.69) is 32.9 Å². The number of hydrogen-bond acceptors (Lipinski definition) is 5. The van der Waals surface area contributed by atoms with Gasteiger partial charge in [0, 0.05) is 17.7 Å². The highest BCUT2D eigenvalue weighted by Gasteiger charge is 2.22. The first-order valence-corrected chi connectivity index (χ1v) is 7.50. The second kappa shape index (κ2) is 6.65. The summed E-state index contributed by atoms with van der Waals surface area (Å²) < 4.78 is 5.72. The van der Waals surface area contributed by atoms with Crippen molar-refractivity contribution in [3.63, 3.8) is 0 Å². The minimum absolute atomic E-state index is 0.00610. The molecule has 7 nitrogen and oxygen atoms in total. The van der Waals surface area contributed by atoms with Crippen molar-refractivity contribution in [3.05, 3.63) is 24.3 Å². The molecule has 1 aliphatic rings. The summed E-state index contributed by atoms with van der Waals surface area (Å²) in [6.07, 6.45) is 3.89. The van der Waals surface area contributed by atoms with E-state index in [9.17, 15) is 4.79 Å². The van der Waals surface area contributed by atoms with Gasteiger partial charge in [-0.15, -0.1) is 10.2 Å². The number of aromatic nitrogens is 4. The molecule has 0 unspecified atom stereocenters. The Morgan fingerprint density at radius 2 is 2.36 bits per heavy atom. The number of rotatable bonds is 5. The van der Waals surface area contributed by atoms with E-state index >= 15 is 0 Å². The number of aromatic amines is 1. The van der Waals surface area contributed by atoms with Crippen LogP contribution < -0.4 is 5.32 Å². The van der Waals surface area contributed by atoms with Gasteiger partial charge in [-0.05, 0) is 43.5 Å². The fraction of sp³-hybridized carbons (Fsp3) is 0.467. The Labute approximate surface area is 128 Å². The van der Waals surface area contributed by atoms with Crippen LogP contribution in [0.1, 0.15) is 32.6 Å². The molecule has 1 aromatic heterocycles. The second-order valence-corrected chi connectivity index (χ2v) is 5.55. The summed E-state index contributed by atoms with van der Waals surface area (Å²) in [6, 6.07) is 7.39. The number of nitrogens with zero attached hydrogens (tertiary/aromatic N) is 3. The Bertz CT molecular complexity index is 629. The monoisotopic (exact) mass is 301 g/mol. The average Bonchev–Trinajstić information content (AvgIpc) is 3.17. The van der Waals surface area contributed by atoms with Crippen molar-refractivity contribution in [2.45, 2.75) is 44.8 Å². The Kier molecular flexibility index (Phi) is 4.43. The lowest BCUT2D eigenvalue weighted by atomic mass is 10.1. The number of amides is 1. The number of benzene rings is 1. The molecule has 2 aromatic rings. The SMILES string of the molecule is C[C@H]1CC[C@H](CCC(=O)Nc2cccc(-c3nn[nH]n3)c2)O1. The van der Waals surface area contributed by atoms with Gasteiger partial charge in [-0.2, -0.15) is 5.21 Å². The molecule has 0 saturated carbocycles. The van der Waals surface area contributed by atoms with Crippen molar-refractivity contribution in [2.24, 2.45) is 0 Å². The maximum Gasteiger partial charge on any atom is 0.224 e. The average molecular weight is 301 g/mol. The van der Waals surface area contributed by atoms with E-state index in [0.29, 0.717) is 18.3 Å². The van der Waals surface area contributed by atoms with Crippen LogP contribution in [0.4, 0.5) is 5.69 Å². The van der Waals surface area contributed by atoms with Gasteiger partial charge in [-0.25, -0.2) is 0 Å². The predicted molar refractivity (Wildman–Crippen MR) is 81.0 cm³/mol. The molecular formula is C15H19N5O2. The van der Waals surface area contributed by atoms with E-state index in [1.54, 1.807) is 0 Å². The number of anilines is 1. The molecule has 0 radical (unpaired) electrons. The summed E-state index contributed by atoms with van der Waals surface area (Å²) in [5, 5.41) is 16.7. The van der Waals surface area contributed by atoms with Gasteiger partial charge in [0.1, 0.15) is 0 Å². The van der Waals surface area contributed by atoms with E-state index in [-0.39, 0.29) is 12.0 Å². The smallest absolute Gasteiger partial charge is 0.224 e. The molecule has 2 atom stereocenters. The molecule has 1 aromatic carbocycles. The normalized spacial score (nSPS) is 21.0. The molecule has 2 heterocycles. The van der Waals surface area contributed by atoms with Crippen LogP contribution >= 0.6 is 0 Å². The number of carbonyl (C=O) groups is 1. The van der Waals surface area contributed by atoms with Crippen LogP contribution in [0.15, 0.2) is 24.3 Å². The molecule has 1 amide bonds. The van der Waals surface area contributed by atoms with Crippen molar-refractivity contribution < 1.29 is 9.53 Å². The highest BCUT2D eigenvalue weighted by atomic mass is 16.5. The molecule has 0 bridgehead atoms. The van der Waals surface area contributed by atoms with Gasteiger partial charge < -0.3 is 10.1 Å². The fourth-order valence-electron chi connectivity index (χ4n) is 2.63. The minimum Gasteiger partial charge on any atom is -0.375 e. The highest BCUT2D eigenvalue weighted by molar-refractivity contribution is 5.91. The standard InChI is InChI=1S/C15H19N5O2/c1-10-5-6-13(22-10)7-8-14(21)16-12-4-2-3-11(9-12)15-17-19-20-18-15/h2-4,9-10,13H,5-8H2,1H3,(H,16,21)(H,17,18,19,20)/t10-,13+/m0/s1. The molecule has 116 valence electrons. The van der Waals surface area contributed by atoms with Crippen LogP contribution in [-0.2, 0) is 9.53 Å². The van der Waals surface area contributed by atoms with Crippen molar-refractivity contribution in [2.75, 3.05) is 5.32 Å². The van der Waals surface area contributed by atoms with E-state index in [0.717, 1.165) is 30.5 Å². The lowest BCUT2D eigenvalue weighted by Gasteiger charge is -2.11. The zero-order chi connectivity index (χ0) is 15.4. The molecule has 0 aliphatic carbocycles. The first-order chi connectivity index (χ1) is 10.7. The summed E-state index contributed by atoms with van der Waals surface area (Å²) in [5.41, 5.74) is 1.53.